The van der Waals surface area contributed by atoms with E-state index in [4.69, 9.17) is 0 Å². The quantitative estimate of drug-likeness (QED) is 0.546. The van der Waals surface area contributed by atoms with E-state index < -0.39 is 10.0 Å². The maximum Gasteiger partial charge on any atom is 0.276 e. The first-order valence-corrected chi connectivity index (χ1v) is 10.5. The third-order valence-electron chi connectivity index (χ3n) is 3.99. The molecule has 28 heavy (non-hydrogen) atoms. The summed E-state index contributed by atoms with van der Waals surface area (Å²) in [7, 11) is -3.85. The summed E-state index contributed by atoms with van der Waals surface area (Å²) in [5.41, 5.74) is 2.23. The Morgan fingerprint density at radius 2 is 1.75 bits per heavy atom. The Balaban J connectivity index is 1.72. The van der Waals surface area contributed by atoms with Crippen molar-refractivity contribution >= 4 is 21.4 Å². The summed E-state index contributed by atoms with van der Waals surface area (Å²) in [5.74, 6) is 0. The van der Waals surface area contributed by atoms with Crippen LogP contribution in [-0.2, 0) is 10.0 Å². The molecule has 1 N–H and O–H groups in total. The lowest BCUT2D eigenvalue weighted by molar-refractivity contribution is 0.592. The van der Waals surface area contributed by atoms with Gasteiger partial charge in [-0.15, -0.1) is 11.3 Å². The summed E-state index contributed by atoms with van der Waals surface area (Å²) in [6.45, 7) is 0. The highest BCUT2D eigenvalue weighted by atomic mass is 32.2. The van der Waals surface area contributed by atoms with Gasteiger partial charge in [-0.05, 0) is 12.1 Å². The van der Waals surface area contributed by atoms with Crippen molar-refractivity contribution in [2.24, 2.45) is 0 Å². The SMILES string of the molecule is N#Cc1cnn(NS(=O)(=O)c2ccccc2)c1-c1ccc(-c2nccs2)cc1. The highest BCUT2D eigenvalue weighted by Gasteiger charge is 2.19. The summed E-state index contributed by atoms with van der Waals surface area (Å²) in [6.07, 6.45) is 3.06. The maximum absolute atomic E-state index is 12.6. The Morgan fingerprint density at radius 3 is 2.39 bits per heavy atom. The Bertz CT molecular complexity index is 1240. The zero-order valence-electron chi connectivity index (χ0n) is 14.4. The van der Waals surface area contributed by atoms with Gasteiger partial charge in [0.15, 0.2) is 0 Å². The average molecular weight is 407 g/mol. The first-order chi connectivity index (χ1) is 13.6. The molecule has 0 atom stereocenters. The van der Waals surface area contributed by atoms with E-state index >= 15 is 0 Å². The van der Waals surface area contributed by atoms with Crippen LogP contribution in [-0.4, -0.2) is 23.3 Å². The van der Waals surface area contributed by atoms with E-state index in [-0.39, 0.29) is 10.5 Å². The van der Waals surface area contributed by atoms with Crippen molar-refractivity contribution in [1.82, 2.24) is 14.9 Å². The molecule has 0 saturated carbocycles. The van der Waals surface area contributed by atoms with Crippen LogP contribution in [0.1, 0.15) is 5.56 Å². The second-order valence-corrected chi connectivity index (χ2v) is 8.31. The minimum atomic E-state index is -3.85. The normalized spacial score (nSPS) is 11.1. The molecule has 0 radical (unpaired) electrons. The van der Waals surface area contributed by atoms with Crippen LogP contribution in [0.5, 0.6) is 0 Å². The molecule has 0 saturated heterocycles. The predicted molar refractivity (Wildman–Crippen MR) is 106 cm³/mol. The van der Waals surface area contributed by atoms with E-state index in [1.807, 2.05) is 29.6 Å². The van der Waals surface area contributed by atoms with Crippen LogP contribution in [0.4, 0.5) is 0 Å². The summed E-state index contributed by atoms with van der Waals surface area (Å²) in [6, 6.07) is 17.4. The largest absolute Gasteiger partial charge is 0.276 e. The zero-order chi connectivity index (χ0) is 19.6. The lowest BCUT2D eigenvalue weighted by atomic mass is 10.1. The van der Waals surface area contributed by atoms with E-state index in [1.165, 1.54) is 29.7 Å². The predicted octanol–water partition coefficient (Wildman–Crippen LogP) is 3.48. The summed E-state index contributed by atoms with van der Waals surface area (Å²) in [5, 5.41) is 16.2. The molecule has 2 heterocycles. The van der Waals surface area contributed by atoms with E-state index in [9.17, 15) is 13.7 Å². The van der Waals surface area contributed by atoms with Gasteiger partial charge in [0.05, 0.1) is 11.1 Å². The Labute approximate surface area is 165 Å². The van der Waals surface area contributed by atoms with Crippen LogP contribution in [0.2, 0.25) is 0 Å². The van der Waals surface area contributed by atoms with Gasteiger partial charge in [-0.25, -0.2) is 4.98 Å². The highest BCUT2D eigenvalue weighted by molar-refractivity contribution is 7.92. The number of hydrogen-bond acceptors (Lipinski definition) is 6. The molecule has 4 aromatic rings. The Kier molecular flexibility index (Phi) is 4.65. The van der Waals surface area contributed by atoms with Crippen molar-refractivity contribution in [1.29, 1.82) is 5.26 Å². The third-order valence-corrected chi connectivity index (χ3v) is 6.12. The fourth-order valence-corrected chi connectivity index (χ4v) is 4.31. The van der Waals surface area contributed by atoms with E-state index in [1.54, 1.807) is 24.4 Å². The van der Waals surface area contributed by atoms with Crippen LogP contribution < -0.4 is 4.83 Å². The van der Waals surface area contributed by atoms with Crippen LogP contribution in [0.15, 0.2) is 77.3 Å². The molecule has 9 heteroatoms. The second-order valence-electron chi connectivity index (χ2n) is 5.75. The molecule has 2 aromatic heterocycles. The van der Waals surface area contributed by atoms with Gasteiger partial charge in [0.25, 0.3) is 10.0 Å². The van der Waals surface area contributed by atoms with Gasteiger partial charge in [-0.1, -0.05) is 42.5 Å². The topological polar surface area (TPSA) is 101 Å². The first kappa shape index (κ1) is 17.9. The van der Waals surface area contributed by atoms with Crippen molar-refractivity contribution in [3.05, 3.63) is 77.9 Å². The molecule has 138 valence electrons. The number of rotatable bonds is 5. The van der Waals surface area contributed by atoms with Gasteiger partial charge in [-0.3, -0.25) is 0 Å². The number of nitrogens with one attached hydrogen (secondary N) is 1. The van der Waals surface area contributed by atoms with Gasteiger partial charge in [-0.2, -0.15) is 28.4 Å². The minimum Gasteiger partial charge on any atom is -0.245 e. The second kappa shape index (κ2) is 7.26. The molecule has 0 amide bonds. The monoisotopic (exact) mass is 407 g/mol. The van der Waals surface area contributed by atoms with Gasteiger partial charge in [0.2, 0.25) is 0 Å². The minimum absolute atomic E-state index is 0.106. The zero-order valence-corrected chi connectivity index (χ0v) is 16.0. The number of nitrogens with zero attached hydrogens (tertiary/aromatic N) is 4. The molecule has 2 aromatic carbocycles. The number of nitriles is 1. The van der Waals surface area contributed by atoms with Crippen LogP contribution in [0.3, 0.4) is 0 Å². The number of aromatic nitrogens is 3. The van der Waals surface area contributed by atoms with Gasteiger partial charge >= 0.3 is 0 Å². The van der Waals surface area contributed by atoms with Crippen molar-refractivity contribution in [3.63, 3.8) is 0 Å². The van der Waals surface area contributed by atoms with E-state index in [2.05, 4.69) is 21.0 Å². The summed E-state index contributed by atoms with van der Waals surface area (Å²) < 4.78 is 25.3. The fraction of sp³-hybridized carbons (Fsp3) is 0. The lowest BCUT2D eigenvalue weighted by Gasteiger charge is -2.12. The van der Waals surface area contributed by atoms with Gasteiger partial charge in [0, 0.05) is 22.7 Å². The maximum atomic E-state index is 12.6. The molecule has 0 unspecified atom stereocenters. The molecular weight excluding hydrogens is 394 g/mol. The van der Waals surface area contributed by atoms with Crippen molar-refractivity contribution in [2.75, 3.05) is 4.83 Å². The lowest BCUT2D eigenvalue weighted by Crippen LogP contribution is -2.25. The van der Waals surface area contributed by atoms with Gasteiger partial charge in [0.1, 0.15) is 22.3 Å². The molecule has 7 nitrogen and oxygen atoms in total. The first-order valence-electron chi connectivity index (χ1n) is 8.15. The van der Waals surface area contributed by atoms with E-state index in [0.29, 0.717) is 11.3 Å². The Hall–Kier alpha value is -3.48. The van der Waals surface area contributed by atoms with Crippen LogP contribution in [0.25, 0.3) is 21.8 Å². The molecule has 0 bridgehead atoms. The number of benzene rings is 2. The molecule has 4 rings (SSSR count). The smallest absolute Gasteiger partial charge is 0.245 e. The third kappa shape index (κ3) is 3.38. The van der Waals surface area contributed by atoms with E-state index in [0.717, 1.165) is 15.4 Å². The average Bonchev–Trinajstić information content (AvgIpc) is 3.38. The highest BCUT2D eigenvalue weighted by Crippen LogP contribution is 2.28. The fourth-order valence-electron chi connectivity index (χ4n) is 2.68. The number of hydrogen-bond donors (Lipinski definition) is 1. The van der Waals surface area contributed by atoms with Crippen molar-refractivity contribution in [3.8, 4) is 27.9 Å². The standard InChI is InChI=1S/C19H13N5O2S2/c20-12-16-13-22-24(23-28(25,26)17-4-2-1-3-5-17)18(16)14-6-8-15(9-7-14)19-21-10-11-27-19/h1-11,13,23H. The van der Waals surface area contributed by atoms with Crippen molar-refractivity contribution in [2.45, 2.75) is 4.90 Å². The molecule has 0 aliphatic heterocycles. The summed E-state index contributed by atoms with van der Waals surface area (Å²) >= 11 is 1.52. The molecule has 0 fully saturated rings. The van der Waals surface area contributed by atoms with Crippen LogP contribution in [0, 0.1) is 11.3 Å². The molecule has 0 spiro atoms. The van der Waals surface area contributed by atoms with Crippen molar-refractivity contribution < 1.29 is 8.42 Å². The van der Waals surface area contributed by atoms with Crippen LogP contribution >= 0.6 is 11.3 Å². The number of thiazole rings is 1. The molecule has 0 aliphatic rings. The van der Waals surface area contributed by atoms with Gasteiger partial charge < -0.3 is 0 Å². The summed E-state index contributed by atoms with van der Waals surface area (Å²) in [4.78, 5) is 7.90. The number of sulfonamides is 1. The molecule has 0 aliphatic carbocycles. The molecular formula is C19H13N5O2S2. The Morgan fingerprint density at radius 1 is 1.04 bits per heavy atom.